The van der Waals surface area contributed by atoms with E-state index >= 15 is 0 Å². The highest BCUT2D eigenvalue weighted by Crippen LogP contribution is 2.31. The first-order chi connectivity index (χ1) is 8.53. The summed E-state index contributed by atoms with van der Waals surface area (Å²) in [6.45, 7) is 8.59. The Morgan fingerprint density at radius 2 is 2.00 bits per heavy atom. The minimum atomic E-state index is -0.196. The van der Waals surface area contributed by atoms with Crippen LogP contribution in [0, 0.1) is 17.3 Å². The molecule has 2 N–H and O–H groups in total. The predicted octanol–water partition coefficient (Wildman–Crippen LogP) is 2.74. The molecule has 2 aliphatic rings. The fourth-order valence-electron chi connectivity index (χ4n) is 3.38. The van der Waals surface area contributed by atoms with Crippen LogP contribution < -0.4 is 10.6 Å². The Balaban J connectivity index is 0.00000180. The van der Waals surface area contributed by atoms with Crippen molar-refractivity contribution in [3.05, 3.63) is 0 Å². The van der Waals surface area contributed by atoms with Crippen molar-refractivity contribution in [2.24, 2.45) is 17.3 Å². The summed E-state index contributed by atoms with van der Waals surface area (Å²) in [7, 11) is 0. The molecule has 1 amide bonds. The van der Waals surface area contributed by atoms with Gasteiger partial charge in [-0.2, -0.15) is 0 Å². The fraction of sp³-hybridized carbons (Fsp3) is 0.933. The van der Waals surface area contributed by atoms with Gasteiger partial charge in [0.25, 0.3) is 0 Å². The minimum Gasteiger partial charge on any atom is -0.353 e. The van der Waals surface area contributed by atoms with Gasteiger partial charge in [0.2, 0.25) is 5.91 Å². The molecule has 1 heterocycles. The summed E-state index contributed by atoms with van der Waals surface area (Å²) in [4.78, 5) is 12.5. The molecular formula is C15H29ClN2O. The van der Waals surface area contributed by atoms with Crippen LogP contribution in [-0.4, -0.2) is 25.0 Å². The molecule has 0 spiro atoms. The fourth-order valence-corrected chi connectivity index (χ4v) is 3.38. The van der Waals surface area contributed by atoms with Gasteiger partial charge < -0.3 is 10.6 Å². The Bertz CT molecular complexity index is 303. The largest absolute Gasteiger partial charge is 0.353 e. The van der Waals surface area contributed by atoms with Crippen LogP contribution in [-0.2, 0) is 4.79 Å². The molecule has 4 heteroatoms. The van der Waals surface area contributed by atoms with E-state index in [2.05, 4.69) is 31.4 Å². The standard InChI is InChI=1S/C15H28N2O.ClH/c1-11-6-4-7-13(12(11)2)17-14(18)15(3)8-5-9-16-10-15;/h11-13,16H,4-10H2,1-3H3,(H,17,18);1H. The number of hydrogen-bond acceptors (Lipinski definition) is 2. The highest BCUT2D eigenvalue weighted by Gasteiger charge is 2.37. The number of rotatable bonds is 2. The molecule has 112 valence electrons. The maximum atomic E-state index is 12.5. The maximum Gasteiger partial charge on any atom is 0.227 e. The first-order valence-corrected chi connectivity index (χ1v) is 7.54. The maximum absolute atomic E-state index is 12.5. The van der Waals surface area contributed by atoms with Crippen molar-refractivity contribution in [3.63, 3.8) is 0 Å². The van der Waals surface area contributed by atoms with Crippen molar-refractivity contribution in [2.75, 3.05) is 13.1 Å². The molecule has 1 saturated carbocycles. The Labute approximate surface area is 123 Å². The number of hydrogen-bond donors (Lipinski definition) is 2. The van der Waals surface area contributed by atoms with Gasteiger partial charge in [0.05, 0.1) is 5.41 Å². The van der Waals surface area contributed by atoms with Gasteiger partial charge in [-0.3, -0.25) is 4.79 Å². The highest BCUT2D eigenvalue weighted by molar-refractivity contribution is 5.85. The summed E-state index contributed by atoms with van der Waals surface area (Å²) in [6, 6.07) is 0.389. The molecule has 0 bridgehead atoms. The average Bonchev–Trinajstić information content (AvgIpc) is 2.36. The van der Waals surface area contributed by atoms with E-state index in [4.69, 9.17) is 0 Å². The quantitative estimate of drug-likeness (QED) is 0.820. The minimum absolute atomic E-state index is 0. The summed E-state index contributed by atoms with van der Waals surface area (Å²) in [5, 5.41) is 6.68. The molecule has 0 radical (unpaired) electrons. The monoisotopic (exact) mass is 288 g/mol. The Hall–Kier alpha value is -0.280. The molecule has 0 aromatic rings. The second-order valence-corrected chi connectivity index (χ2v) is 6.69. The molecule has 0 aromatic carbocycles. The smallest absolute Gasteiger partial charge is 0.227 e. The normalized spacial score (nSPS) is 39.2. The van der Waals surface area contributed by atoms with E-state index in [1.54, 1.807) is 0 Å². The van der Waals surface area contributed by atoms with Crippen LogP contribution in [0.15, 0.2) is 0 Å². The number of amides is 1. The van der Waals surface area contributed by atoms with E-state index in [-0.39, 0.29) is 23.7 Å². The van der Waals surface area contributed by atoms with Crippen LogP contribution in [0.2, 0.25) is 0 Å². The van der Waals surface area contributed by atoms with Gasteiger partial charge >= 0.3 is 0 Å². The third-order valence-corrected chi connectivity index (χ3v) is 5.17. The number of carbonyl (C=O) groups is 1. The Morgan fingerprint density at radius 3 is 2.63 bits per heavy atom. The zero-order chi connectivity index (χ0) is 13.2. The van der Waals surface area contributed by atoms with E-state index in [0.717, 1.165) is 38.3 Å². The summed E-state index contributed by atoms with van der Waals surface area (Å²) in [5.41, 5.74) is -0.196. The molecule has 2 fully saturated rings. The lowest BCUT2D eigenvalue weighted by Gasteiger charge is -2.39. The van der Waals surface area contributed by atoms with E-state index in [9.17, 15) is 4.79 Å². The molecule has 19 heavy (non-hydrogen) atoms. The number of carbonyl (C=O) groups excluding carboxylic acids is 1. The summed E-state index contributed by atoms with van der Waals surface area (Å²) < 4.78 is 0. The van der Waals surface area contributed by atoms with Crippen molar-refractivity contribution >= 4 is 18.3 Å². The zero-order valence-electron chi connectivity index (χ0n) is 12.5. The Kier molecular flexibility index (Phi) is 6.13. The highest BCUT2D eigenvalue weighted by atomic mass is 35.5. The zero-order valence-corrected chi connectivity index (χ0v) is 13.3. The van der Waals surface area contributed by atoms with Gasteiger partial charge in [-0.15, -0.1) is 12.4 Å². The SMILES string of the molecule is CC1CCCC(NC(=O)C2(C)CCCNC2)C1C.Cl. The van der Waals surface area contributed by atoms with Gasteiger partial charge in [0.1, 0.15) is 0 Å². The van der Waals surface area contributed by atoms with Crippen LogP contribution in [0.3, 0.4) is 0 Å². The van der Waals surface area contributed by atoms with Gasteiger partial charge in [-0.05, 0) is 44.6 Å². The van der Waals surface area contributed by atoms with Crippen LogP contribution in [0.1, 0.15) is 52.9 Å². The van der Waals surface area contributed by atoms with Crippen molar-refractivity contribution in [2.45, 2.75) is 58.9 Å². The summed E-state index contributed by atoms with van der Waals surface area (Å²) >= 11 is 0. The molecule has 4 unspecified atom stereocenters. The van der Waals surface area contributed by atoms with Crippen molar-refractivity contribution in [1.29, 1.82) is 0 Å². The second-order valence-electron chi connectivity index (χ2n) is 6.69. The average molecular weight is 289 g/mol. The third-order valence-electron chi connectivity index (χ3n) is 5.17. The van der Waals surface area contributed by atoms with E-state index in [0.29, 0.717) is 12.0 Å². The first-order valence-electron chi connectivity index (χ1n) is 7.54. The van der Waals surface area contributed by atoms with Gasteiger partial charge in [0, 0.05) is 12.6 Å². The first kappa shape index (κ1) is 16.8. The molecule has 1 aliphatic carbocycles. The Morgan fingerprint density at radius 1 is 1.26 bits per heavy atom. The van der Waals surface area contributed by atoms with Gasteiger partial charge in [0.15, 0.2) is 0 Å². The number of halogens is 1. The predicted molar refractivity (Wildman–Crippen MR) is 81.6 cm³/mol. The topological polar surface area (TPSA) is 41.1 Å². The lowest BCUT2D eigenvalue weighted by Crippen LogP contribution is -2.53. The molecule has 1 saturated heterocycles. The van der Waals surface area contributed by atoms with E-state index in [1.807, 2.05) is 0 Å². The third kappa shape index (κ3) is 3.85. The molecule has 3 nitrogen and oxygen atoms in total. The van der Waals surface area contributed by atoms with E-state index in [1.165, 1.54) is 12.8 Å². The summed E-state index contributed by atoms with van der Waals surface area (Å²) in [5.74, 6) is 1.62. The van der Waals surface area contributed by atoms with Crippen LogP contribution in [0.5, 0.6) is 0 Å². The molecule has 0 aromatic heterocycles. The molecular weight excluding hydrogens is 260 g/mol. The van der Waals surface area contributed by atoms with Crippen LogP contribution in [0.4, 0.5) is 0 Å². The van der Waals surface area contributed by atoms with Gasteiger partial charge in [-0.25, -0.2) is 0 Å². The lowest BCUT2D eigenvalue weighted by atomic mass is 9.76. The van der Waals surface area contributed by atoms with Crippen LogP contribution in [0.25, 0.3) is 0 Å². The molecule has 2 rings (SSSR count). The van der Waals surface area contributed by atoms with Crippen molar-refractivity contribution in [1.82, 2.24) is 10.6 Å². The second kappa shape index (κ2) is 6.94. The summed E-state index contributed by atoms with van der Waals surface area (Å²) in [6.07, 6.45) is 5.85. The van der Waals surface area contributed by atoms with Crippen molar-refractivity contribution < 1.29 is 4.79 Å². The van der Waals surface area contributed by atoms with Crippen molar-refractivity contribution in [3.8, 4) is 0 Å². The van der Waals surface area contributed by atoms with E-state index < -0.39 is 0 Å². The van der Waals surface area contributed by atoms with Crippen LogP contribution >= 0.6 is 12.4 Å². The van der Waals surface area contributed by atoms with Gasteiger partial charge in [-0.1, -0.05) is 26.7 Å². The molecule has 1 aliphatic heterocycles. The number of piperidine rings is 1. The molecule has 4 atom stereocenters. The lowest BCUT2D eigenvalue weighted by molar-refractivity contribution is -0.132. The number of nitrogens with one attached hydrogen (secondary N) is 2.